The number of para-hydroxylation sites is 1. The van der Waals surface area contributed by atoms with Crippen LogP contribution in [0, 0.1) is 0 Å². The molecule has 15 heavy (non-hydrogen) atoms. The maximum atomic E-state index is 10.7. The molecule has 1 aromatic rings. The van der Waals surface area contributed by atoms with Crippen molar-refractivity contribution < 1.29 is 15.0 Å². The van der Waals surface area contributed by atoms with E-state index in [4.69, 9.17) is 5.11 Å². The van der Waals surface area contributed by atoms with Crippen molar-refractivity contribution in [3.05, 3.63) is 29.8 Å². The molecule has 1 saturated heterocycles. The number of carboxylic acid groups (broad SMARTS) is 1. The summed E-state index contributed by atoms with van der Waals surface area (Å²) in [5, 5.41) is 21.2. The van der Waals surface area contributed by atoms with Crippen LogP contribution in [-0.4, -0.2) is 28.0 Å². The highest BCUT2D eigenvalue weighted by atomic mass is 32.2. The molecular weight excluding hydrogens is 214 g/mol. The van der Waals surface area contributed by atoms with Gasteiger partial charge < -0.3 is 10.2 Å². The van der Waals surface area contributed by atoms with E-state index in [0.717, 1.165) is 5.56 Å². The molecule has 2 atom stereocenters. The van der Waals surface area contributed by atoms with Crippen LogP contribution in [0.15, 0.2) is 24.3 Å². The molecule has 0 amide bonds. The Kier molecular flexibility index (Phi) is 2.83. The molecule has 0 unspecified atom stereocenters. The molecule has 3 N–H and O–H groups in total. The fourth-order valence-corrected chi connectivity index (χ4v) is 2.77. The van der Waals surface area contributed by atoms with Gasteiger partial charge >= 0.3 is 5.97 Å². The summed E-state index contributed by atoms with van der Waals surface area (Å²) in [5.41, 5.74) is 0.742. The Labute approximate surface area is 91.3 Å². The normalized spacial score (nSPS) is 25.3. The van der Waals surface area contributed by atoms with Gasteiger partial charge in [0.1, 0.15) is 11.8 Å². The summed E-state index contributed by atoms with van der Waals surface area (Å²) in [6, 6.07) is 6.44. The van der Waals surface area contributed by atoms with Crippen molar-refractivity contribution in [2.75, 3.05) is 5.75 Å². The molecule has 4 nitrogen and oxygen atoms in total. The van der Waals surface area contributed by atoms with Crippen LogP contribution in [0.25, 0.3) is 0 Å². The second kappa shape index (κ2) is 4.12. The molecule has 0 spiro atoms. The molecular formula is C10H11NO3S. The largest absolute Gasteiger partial charge is 0.508 e. The fourth-order valence-electron chi connectivity index (χ4n) is 1.50. The molecule has 1 heterocycles. The molecule has 0 radical (unpaired) electrons. The van der Waals surface area contributed by atoms with E-state index in [9.17, 15) is 9.90 Å². The quantitative estimate of drug-likeness (QED) is 0.705. The number of hydrogen-bond acceptors (Lipinski definition) is 4. The maximum Gasteiger partial charge on any atom is 0.321 e. The highest BCUT2D eigenvalue weighted by Crippen LogP contribution is 2.36. The van der Waals surface area contributed by atoms with Gasteiger partial charge in [-0.1, -0.05) is 18.2 Å². The molecule has 1 aliphatic rings. The molecule has 5 heteroatoms. The molecule has 80 valence electrons. The average molecular weight is 225 g/mol. The van der Waals surface area contributed by atoms with Gasteiger partial charge in [-0.25, -0.2) is 0 Å². The first kappa shape index (κ1) is 10.3. The lowest BCUT2D eigenvalue weighted by molar-refractivity contribution is -0.138. The summed E-state index contributed by atoms with van der Waals surface area (Å²) in [6.07, 6.45) is 0. The second-order valence-corrected chi connectivity index (χ2v) is 4.47. The topological polar surface area (TPSA) is 69.6 Å². The first-order valence-electron chi connectivity index (χ1n) is 4.57. The van der Waals surface area contributed by atoms with Gasteiger partial charge in [-0.15, -0.1) is 11.8 Å². The number of phenols is 1. The molecule has 1 fully saturated rings. The minimum Gasteiger partial charge on any atom is -0.508 e. The van der Waals surface area contributed by atoms with Crippen LogP contribution in [0.5, 0.6) is 5.75 Å². The number of aliphatic carboxylic acids is 1. The number of phenolic OH excluding ortho intramolecular Hbond substituents is 1. The monoisotopic (exact) mass is 225 g/mol. The predicted molar refractivity (Wildman–Crippen MR) is 57.9 cm³/mol. The van der Waals surface area contributed by atoms with E-state index in [0.29, 0.717) is 5.75 Å². The van der Waals surface area contributed by atoms with Crippen molar-refractivity contribution in [1.29, 1.82) is 0 Å². The summed E-state index contributed by atoms with van der Waals surface area (Å²) in [5.74, 6) is -0.122. The van der Waals surface area contributed by atoms with Crippen LogP contribution in [-0.2, 0) is 4.79 Å². The first-order chi connectivity index (χ1) is 7.18. The molecule has 1 aliphatic heterocycles. The molecule has 2 rings (SSSR count). The van der Waals surface area contributed by atoms with Gasteiger partial charge in [0.15, 0.2) is 0 Å². The van der Waals surface area contributed by atoms with E-state index in [1.165, 1.54) is 11.8 Å². The third-order valence-electron chi connectivity index (χ3n) is 2.30. The number of rotatable bonds is 2. The van der Waals surface area contributed by atoms with Crippen molar-refractivity contribution in [3.63, 3.8) is 0 Å². The van der Waals surface area contributed by atoms with Crippen molar-refractivity contribution >= 4 is 17.7 Å². The van der Waals surface area contributed by atoms with Crippen LogP contribution in [0.2, 0.25) is 0 Å². The number of carbonyl (C=O) groups is 1. The molecule has 0 aromatic heterocycles. The van der Waals surface area contributed by atoms with Crippen LogP contribution in [0.3, 0.4) is 0 Å². The number of thioether (sulfide) groups is 1. The minimum atomic E-state index is -0.847. The number of aromatic hydroxyl groups is 1. The SMILES string of the molecule is O=C(O)[C@@H]1CS[C@H](c2ccccc2O)N1. The number of carboxylic acids is 1. The summed E-state index contributed by atoms with van der Waals surface area (Å²) in [4.78, 5) is 10.7. The number of nitrogens with one attached hydrogen (secondary N) is 1. The lowest BCUT2D eigenvalue weighted by atomic mass is 10.2. The molecule has 0 bridgehead atoms. The van der Waals surface area contributed by atoms with E-state index in [1.54, 1.807) is 18.2 Å². The van der Waals surface area contributed by atoms with Gasteiger partial charge in [0.2, 0.25) is 0 Å². The fraction of sp³-hybridized carbons (Fsp3) is 0.300. The third-order valence-corrected chi connectivity index (χ3v) is 3.55. The molecule has 0 aliphatic carbocycles. The Morgan fingerprint density at radius 1 is 1.47 bits per heavy atom. The van der Waals surface area contributed by atoms with E-state index in [-0.39, 0.29) is 11.1 Å². The van der Waals surface area contributed by atoms with Crippen LogP contribution in [0.1, 0.15) is 10.9 Å². The summed E-state index contributed by atoms with van der Waals surface area (Å²) in [7, 11) is 0. The Balaban J connectivity index is 2.14. The average Bonchev–Trinajstić information content (AvgIpc) is 2.67. The first-order valence-corrected chi connectivity index (χ1v) is 5.61. The minimum absolute atomic E-state index is 0.132. The smallest absolute Gasteiger partial charge is 0.321 e. The zero-order valence-electron chi connectivity index (χ0n) is 7.88. The Bertz CT molecular complexity index is 383. The van der Waals surface area contributed by atoms with E-state index >= 15 is 0 Å². The predicted octanol–water partition coefficient (Wildman–Crippen LogP) is 1.18. The van der Waals surface area contributed by atoms with E-state index in [1.807, 2.05) is 6.07 Å². The zero-order chi connectivity index (χ0) is 10.8. The molecule has 1 aromatic carbocycles. The Morgan fingerprint density at radius 3 is 2.80 bits per heavy atom. The van der Waals surface area contributed by atoms with Gasteiger partial charge in [-0.3, -0.25) is 10.1 Å². The lowest BCUT2D eigenvalue weighted by Crippen LogP contribution is -2.33. The second-order valence-electron chi connectivity index (χ2n) is 3.33. The van der Waals surface area contributed by atoms with Gasteiger partial charge in [-0.05, 0) is 6.07 Å². The Morgan fingerprint density at radius 2 is 2.20 bits per heavy atom. The van der Waals surface area contributed by atoms with Crippen LogP contribution < -0.4 is 5.32 Å². The number of benzene rings is 1. The maximum absolute atomic E-state index is 10.7. The lowest BCUT2D eigenvalue weighted by Gasteiger charge is -2.12. The van der Waals surface area contributed by atoms with Gasteiger partial charge in [0, 0.05) is 11.3 Å². The van der Waals surface area contributed by atoms with Crippen molar-refractivity contribution in [3.8, 4) is 5.75 Å². The third kappa shape index (κ3) is 2.08. The highest BCUT2D eigenvalue weighted by molar-refractivity contribution is 7.99. The van der Waals surface area contributed by atoms with Gasteiger partial charge in [0.05, 0.1) is 5.37 Å². The zero-order valence-corrected chi connectivity index (χ0v) is 8.70. The van der Waals surface area contributed by atoms with Crippen molar-refractivity contribution in [1.82, 2.24) is 5.32 Å². The van der Waals surface area contributed by atoms with Crippen LogP contribution in [0.4, 0.5) is 0 Å². The van der Waals surface area contributed by atoms with Crippen molar-refractivity contribution in [2.45, 2.75) is 11.4 Å². The molecule has 0 saturated carbocycles. The summed E-state index contributed by atoms with van der Waals surface area (Å²) < 4.78 is 0. The number of hydrogen-bond donors (Lipinski definition) is 3. The van der Waals surface area contributed by atoms with Gasteiger partial charge in [0.25, 0.3) is 0 Å². The summed E-state index contributed by atoms with van der Waals surface area (Å²) >= 11 is 1.49. The highest BCUT2D eigenvalue weighted by Gasteiger charge is 2.31. The standard InChI is InChI=1S/C10H11NO3S/c12-8-4-2-1-3-6(8)9-11-7(5-15-9)10(13)14/h1-4,7,9,11-12H,5H2,(H,13,14)/t7-,9+/m0/s1. The van der Waals surface area contributed by atoms with E-state index in [2.05, 4.69) is 5.32 Å². The van der Waals surface area contributed by atoms with Crippen LogP contribution >= 0.6 is 11.8 Å². The Hall–Kier alpha value is -1.20. The van der Waals surface area contributed by atoms with Crippen molar-refractivity contribution in [2.24, 2.45) is 0 Å². The summed E-state index contributed by atoms with van der Waals surface area (Å²) in [6.45, 7) is 0. The van der Waals surface area contributed by atoms with Gasteiger partial charge in [-0.2, -0.15) is 0 Å². The van der Waals surface area contributed by atoms with E-state index < -0.39 is 12.0 Å².